The Morgan fingerprint density at radius 2 is 1.77 bits per heavy atom. The summed E-state index contributed by atoms with van der Waals surface area (Å²) in [5.41, 5.74) is 6.19. The number of ether oxygens (including phenoxy) is 2. The van der Waals surface area contributed by atoms with Gasteiger partial charge in [-0.25, -0.2) is 0 Å². The van der Waals surface area contributed by atoms with Crippen LogP contribution in [0, 0.1) is 17.3 Å². The van der Waals surface area contributed by atoms with Gasteiger partial charge in [-0.2, -0.15) is 0 Å². The normalized spacial score (nSPS) is 20.8. The molecule has 0 bridgehead atoms. The highest BCUT2D eigenvalue weighted by Gasteiger charge is 2.64. The number of halogens is 3. The average molecular weight is 487 g/mol. The first kappa shape index (κ1) is 23.1. The van der Waals surface area contributed by atoms with E-state index >= 15 is 0 Å². The lowest BCUT2D eigenvalue weighted by molar-refractivity contribution is -0.149. The molecule has 1 unspecified atom stereocenters. The highest BCUT2D eigenvalue weighted by atomic mass is 35.6. The number of hydrogen-bond acceptors (Lipinski definition) is 4. The minimum atomic E-state index is -1.43. The van der Waals surface area contributed by atoms with E-state index in [-0.39, 0.29) is 22.7 Å². The minimum absolute atomic E-state index is 0.0524. The Bertz CT molecular complexity index is 931. The van der Waals surface area contributed by atoms with Crippen LogP contribution in [-0.4, -0.2) is 14.8 Å². The van der Waals surface area contributed by atoms with E-state index in [4.69, 9.17) is 62.2 Å². The van der Waals surface area contributed by atoms with Crippen LogP contribution in [0.15, 0.2) is 54.6 Å². The second-order valence-corrected chi connectivity index (χ2v) is 10.9. The van der Waals surface area contributed by atoms with Crippen molar-refractivity contribution in [3.63, 3.8) is 0 Å². The molecule has 0 amide bonds. The number of alkyl halides is 3. The summed E-state index contributed by atoms with van der Waals surface area (Å²) in [6, 6.07) is 16.5. The number of carbonyl (C=O) groups is 1. The molecule has 2 aromatic carbocycles. The maximum absolute atomic E-state index is 12.9. The van der Waals surface area contributed by atoms with Gasteiger partial charge in [-0.3, -0.25) is 4.79 Å². The van der Waals surface area contributed by atoms with Gasteiger partial charge >= 0.3 is 5.97 Å². The third-order valence-corrected chi connectivity index (χ3v) is 6.06. The van der Waals surface area contributed by atoms with Gasteiger partial charge < -0.3 is 15.2 Å². The molecule has 2 N–H and O–H groups in total. The number of nitrogens with two attached hydrogens (primary N) is 1. The quantitative estimate of drug-likeness (QED) is 0.279. The smallest absolute Gasteiger partial charge is 0.310 e. The summed E-state index contributed by atoms with van der Waals surface area (Å²) < 4.78 is 10.1. The van der Waals surface area contributed by atoms with Gasteiger partial charge in [0, 0.05) is 5.56 Å². The van der Waals surface area contributed by atoms with Crippen LogP contribution >= 0.6 is 47.0 Å². The number of hydrogen-bond donors (Lipinski definition) is 1. The number of thiocarbonyl (C=S) groups is 1. The van der Waals surface area contributed by atoms with Gasteiger partial charge in [0.15, 0.2) is 9.90 Å². The van der Waals surface area contributed by atoms with Crippen molar-refractivity contribution in [1.29, 1.82) is 0 Å². The first-order valence-electron chi connectivity index (χ1n) is 9.38. The van der Waals surface area contributed by atoms with Gasteiger partial charge in [-0.15, -0.1) is 0 Å². The van der Waals surface area contributed by atoms with Crippen molar-refractivity contribution in [3.8, 4) is 11.5 Å². The summed E-state index contributed by atoms with van der Waals surface area (Å²) in [4.78, 5) is 12.9. The minimum Gasteiger partial charge on any atom is -0.457 e. The Kier molecular flexibility index (Phi) is 6.87. The van der Waals surface area contributed by atoms with E-state index in [0.29, 0.717) is 17.1 Å². The third kappa shape index (κ3) is 5.58. The molecule has 0 aliphatic heterocycles. The molecule has 1 aliphatic rings. The zero-order valence-corrected chi connectivity index (χ0v) is 19.6. The number of esters is 1. The fraction of sp³-hybridized carbons (Fsp3) is 0.364. The monoisotopic (exact) mass is 485 g/mol. The molecule has 1 fully saturated rings. The third-order valence-electron chi connectivity index (χ3n) is 5.39. The predicted molar refractivity (Wildman–Crippen MR) is 124 cm³/mol. The Labute approximate surface area is 196 Å². The number of carbonyl (C=O) groups excluding carboxylic acids is 1. The van der Waals surface area contributed by atoms with Crippen molar-refractivity contribution in [2.75, 3.05) is 0 Å². The van der Waals surface area contributed by atoms with Crippen molar-refractivity contribution in [3.05, 3.63) is 60.2 Å². The topological polar surface area (TPSA) is 61.5 Å². The first-order chi connectivity index (χ1) is 14.0. The summed E-state index contributed by atoms with van der Waals surface area (Å²) in [6.45, 7) is 3.90. The van der Waals surface area contributed by atoms with E-state index in [2.05, 4.69) is 0 Å². The van der Waals surface area contributed by atoms with Crippen LogP contribution in [-0.2, 0) is 9.53 Å². The Morgan fingerprint density at radius 1 is 1.13 bits per heavy atom. The number of rotatable bonds is 7. The number of benzene rings is 2. The molecule has 3 atom stereocenters. The van der Waals surface area contributed by atoms with Crippen LogP contribution in [0.25, 0.3) is 0 Å². The van der Waals surface area contributed by atoms with Crippen LogP contribution in [0.5, 0.6) is 11.5 Å². The highest BCUT2D eigenvalue weighted by molar-refractivity contribution is 7.80. The molecule has 0 spiro atoms. The summed E-state index contributed by atoms with van der Waals surface area (Å²) in [6.07, 6.45) is -0.612. The van der Waals surface area contributed by atoms with E-state index < -0.39 is 21.8 Å². The van der Waals surface area contributed by atoms with E-state index in [1.807, 2.05) is 44.2 Å². The molecule has 30 heavy (non-hydrogen) atoms. The standard InChI is InChI=1S/C22H22Cl3NO3S/c1-21(2)16(12-22(23,24)25)17(21)20(27)29-18(19(26)30)13-7-6-10-15(11-13)28-14-8-4-3-5-9-14/h3-11,16-18H,12H2,1-2H3,(H2,26,30)/t16-,17-,18?/m1/s1. The van der Waals surface area contributed by atoms with Crippen LogP contribution in [0.2, 0.25) is 0 Å². The molecule has 1 saturated carbocycles. The van der Waals surface area contributed by atoms with Gasteiger partial charge in [0.2, 0.25) is 0 Å². The van der Waals surface area contributed by atoms with Crippen LogP contribution < -0.4 is 10.5 Å². The zero-order chi connectivity index (χ0) is 22.1. The molecule has 0 heterocycles. The average Bonchev–Trinajstić information content (AvgIpc) is 3.18. The molecular formula is C22H22Cl3NO3S. The van der Waals surface area contributed by atoms with Crippen LogP contribution in [0.4, 0.5) is 0 Å². The highest BCUT2D eigenvalue weighted by Crippen LogP contribution is 2.63. The van der Waals surface area contributed by atoms with E-state index in [1.165, 1.54) is 0 Å². The summed E-state index contributed by atoms with van der Waals surface area (Å²) >= 11 is 22.9. The second kappa shape index (κ2) is 8.91. The van der Waals surface area contributed by atoms with Crippen molar-refractivity contribution in [1.82, 2.24) is 0 Å². The molecule has 0 aromatic heterocycles. The van der Waals surface area contributed by atoms with Gasteiger partial charge in [-0.05, 0) is 42.0 Å². The lowest BCUT2D eigenvalue weighted by Crippen LogP contribution is -2.26. The molecule has 0 saturated heterocycles. The lowest BCUT2D eigenvalue weighted by Gasteiger charge is -2.18. The maximum Gasteiger partial charge on any atom is 0.310 e. The molecule has 4 nitrogen and oxygen atoms in total. The fourth-order valence-corrected chi connectivity index (χ4v) is 4.37. The maximum atomic E-state index is 12.9. The largest absolute Gasteiger partial charge is 0.457 e. The van der Waals surface area contributed by atoms with E-state index in [0.717, 1.165) is 0 Å². The Balaban J connectivity index is 1.75. The molecule has 0 radical (unpaired) electrons. The molecule has 3 rings (SSSR count). The van der Waals surface area contributed by atoms with Gasteiger partial charge in [-0.1, -0.05) is 91.2 Å². The molecule has 2 aromatic rings. The summed E-state index contributed by atoms with van der Waals surface area (Å²) in [5, 5.41) is 0. The van der Waals surface area contributed by atoms with E-state index in [1.54, 1.807) is 24.3 Å². The van der Waals surface area contributed by atoms with Crippen LogP contribution in [0.1, 0.15) is 31.9 Å². The predicted octanol–water partition coefficient (Wildman–Crippen LogP) is 6.38. The van der Waals surface area contributed by atoms with Crippen molar-refractivity contribution in [2.45, 2.75) is 30.2 Å². The van der Waals surface area contributed by atoms with Crippen molar-refractivity contribution in [2.24, 2.45) is 23.0 Å². The van der Waals surface area contributed by atoms with Gasteiger partial charge in [0.1, 0.15) is 16.5 Å². The Morgan fingerprint density at radius 3 is 2.37 bits per heavy atom. The molecule has 1 aliphatic carbocycles. The lowest BCUT2D eigenvalue weighted by atomic mass is 10.1. The SMILES string of the molecule is CC1(C)[C@H](CC(Cl)(Cl)Cl)[C@@H]1C(=O)OC(C(N)=S)c1cccc(Oc2ccccc2)c1. The molecular weight excluding hydrogens is 465 g/mol. The fourth-order valence-electron chi connectivity index (χ4n) is 3.69. The van der Waals surface area contributed by atoms with Gasteiger partial charge in [0.25, 0.3) is 0 Å². The summed E-state index contributed by atoms with van der Waals surface area (Å²) in [5.74, 6) is 0.363. The molecule has 8 heteroatoms. The first-order valence-corrected chi connectivity index (χ1v) is 10.9. The van der Waals surface area contributed by atoms with Crippen molar-refractivity contribution < 1.29 is 14.3 Å². The molecule has 160 valence electrons. The Hall–Kier alpha value is -1.53. The number of para-hydroxylation sites is 1. The van der Waals surface area contributed by atoms with Crippen LogP contribution in [0.3, 0.4) is 0 Å². The van der Waals surface area contributed by atoms with Crippen molar-refractivity contribution >= 4 is 58.0 Å². The van der Waals surface area contributed by atoms with Gasteiger partial charge in [0.05, 0.1) is 5.92 Å². The summed E-state index contributed by atoms with van der Waals surface area (Å²) in [7, 11) is 0. The van der Waals surface area contributed by atoms with E-state index in [9.17, 15) is 4.79 Å². The second-order valence-electron chi connectivity index (χ2n) is 7.93. The zero-order valence-electron chi connectivity index (χ0n) is 16.5.